The van der Waals surface area contributed by atoms with Crippen LogP contribution in [0.4, 0.5) is 16.3 Å². The molecule has 0 aliphatic carbocycles. The summed E-state index contributed by atoms with van der Waals surface area (Å²) in [5.74, 6) is 0.778. The molecule has 4 rings (SSSR count). The van der Waals surface area contributed by atoms with Crippen molar-refractivity contribution in [2.45, 2.75) is 13.3 Å². The van der Waals surface area contributed by atoms with Crippen molar-refractivity contribution < 1.29 is 4.79 Å². The molecule has 1 aliphatic rings. The molecule has 0 unspecified atom stereocenters. The van der Waals surface area contributed by atoms with E-state index in [0.29, 0.717) is 6.54 Å². The lowest BCUT2D eigenvalue weighted by Gasteiger charge is -2.17. The summed E-state index contributed by atoms with van der Waals surface area (Å²) in [7, 11) is 0. The minimum Gasteiger partial charge on any atom is -0.308 e. The first kappa shape index (κ1) is 13.8. The van der Waals surface area contributed by atoms with Gasteiger partial charge in [-0.05, 0) is 42.7 Å². The number of urea groups is 1. The number of hydrogen-bond acceptors (Lipinski definition) is 2. The molecule has 3 aromatic rings. The number of nitrogens with zero attached hydrogens (tertiary/aromatic N) is 2. The van der Waals surface area contributed by atoms with Crippen molar-refractivity contribution in [1.29, 1.82) is 0 Å². The van der Waals surface area contributed by atoms with Crippen LogP contribution in [-0.2, 0) is 6.42 Å². The van der Waals surface area contributed by atoms with Gasteiger partial charge in [-0.25, -0.2) is 9.78 Å². The van der Waals surface area contributed by atoms with Crippen molar-refractivity contribution in [1.82, 2.24) is 4.98 Å². The van der Waals surface area contributed by atoms with Crippen molar-refractivity contribution in [2.75, 3.05) is 16.8 Å². The van der Waals surface area contributed by atoms with Gasteiger partial charge in [0.05, 0.1) is 5.52 Å². The minimum absolute atomic E-state index is 0.129. The second-order valence-electron chi connectivity index (χ2n) is 5.82. The molecular weight excluding hydrogens is 286 g/mol. The average Bonchev–Trinajstić information content (AvgIpc) is 2.97. The fraction of sp³-hybridized carbons (Fsp3) is 0.158. The smallest absolute Gasteiger partial charge is 0.308 e. The third kappa shape index (κ3) is 2.42. The number of anilines is 2. The maximum Gasteiger partial charge on any atom is 0.327 e. The molecule has 1 aliphatic heterocycles. The summed E-state index contributed by atoms with van der Waals surface area (Å²) in [5, 5.41) is 4.07. The van der Waals surface area contributed by atoms with Crippen LogP contribution in [0.3, 0.4) is 0 Å². The molecule has 0 saturated heterocycles. The van der Waals surface area contributed by atoms with Crippen LogP contribution in [0, 0.1) is 6.92 Å². The highest BCUT2D eigenvalue weighted by Crippen LogP contribution is 2.30. The Morgan fingerprint density at radius 1 is 1.13 bits per heavy atom. The topological polar surface area (TPSA) is 45.2 Å². The molecule has 0 saturated carbocycles. The fourth-order valence-corrected chi connectivity index (χ4v) is 3.05. The molecule has 0 fully saturated rings. The van der Waals surface area contributed by atoms with E-state index in [0.717, 1.165) is 40.0 Å². The lowest BCUT2D eigenvalue weighted by atomic mass is 10.1. The summed E-state index contributed by atoms with van der Waals surface area (Å²) in [6, 6.07) is 17.7. The van der Waals surface area contributed by atoms with Crippen LogP contribution in [0.25, 0.3) is 10.9 Å². The van der Waals surface area contributed by atoms with E-state index in [2.05, 4.69) is 17.4 Å². The average molecular weight is 303 g/mol. The van der Waals surface area contributed by atoms with Gasteiger partial charge in [0.25, 0.3) is 0 Å². The van der Waals surface area contributed by atoms with E-state index < -0.39 is 0 Å². The van der Waals surface area contributed by atoms with Crippen molar-refractivity contribution in [2.24, 2.45) is 0 Å². The number of carbonyl (C=O) groups is 1. The van der Waals surface area contributed by atoms with Crippen molar-refractivity contribution in [3.8, 4) is 0 Å². The third-order valence-corrected chi connectivity index (χ3v) is 4.23. The molecule has 0 bridgehead atoms. The number of para-hydroxylation sites is 2. The van der Waals surface area contributed by atoms with E-state index in [9.17, 15) is 4.79 Å². The first-order valence-corrected chi connectivity index (χ1v) is 7.75. The first-order chi connectivity index (χ1) is 11.2. The highest BCUT2D eigenvalue weighted by Gasteiger charge is 2.26. The molecule has 1 N–H and O–H groups in total. The molecule has 0 atom stereocenters. The van der Waals surface area contributed by atoms with E-state index in [4.69, 9.17) is 4.98 Å². The Hall–Kier alpha value is -2.88. The van der Waals surface area contributed by atoms with Gasteiger partial charge in [-0.1, -0.05) is 36.4 Å². The quantitative estimate of drug-likeness (QED) is 0.734. The van der Waals surface area contributed by atoms with Crippen LogP contribution in [0.15, 0.2) is 54.6 Å². The fourth-order valence-electron chi connectivity index (χ4n) is 3.05. The van der Waals surface area contributed by atoms with Crippen molar-refractivity contribution in [3.63, 3.8) is 0 Å². The van der Waals surface area contributed by atoms with Gasteiger partial charge in [0.2, 0.25) is 0 Å². The zero-order valence-corrected chi connectivity index (χ0v) is 12.9. The predicted molar refractivity (Wildman–Crippen MR) is 93.0 cm³/mol. The molecule has 4 nitrogen and oxygen atoms in total. The normalized spacial score (nSPS) is 13.2. The van der Waals surface area contributed by atoms with Gasteiger partial charge in [-0.3, -0.25) is 4.90 Å². The number of fused-ring (bicyclic) bond motifs is 2. The highest BCUT2D eigenvalue weighted by atomic mass is 16.2. The highest BCUT2D eigenvalue weighted by molar-refractivity contribution is 6.03. The SMILES string of the molecule is Cc1cccc2cc3c(nc12)N(C(=O)Nc1ccccc1)CC3. The number of carbonyl (C=O) groups excluding carboxylic acids is 1. The number of hydrogen-bond donors (Lipinski definition) is 1. The number of amides is 2. The van der Waals surface area contributed by atoms with Crippen molar-refractivity contribution in [3.05, 3.63) is 65.7 Å². The van der Waals surface area contributed by atoms with Gasteiger partial charge in [0.1, 0.15) is 5.82 Å². The molecule has 114 valence electrons. The molecule has 2 heterocycles. The maximum absolute atomic E-state index is 12.6. The Morgan fingerprint density at radius 2 is 1.96 bits per heavy atom. The molecule has 2 aromatic carbocycles. The summed E-state index contributed by atoms with van der Waals surface area (Å²) >= 11 is 0. The number of aryl methyl sites for hydroxylation is 1. The van der Waals surface area contributed by atoms with Crippen molar-refractivity contribution >= 4 is 28.4 Å². The van der Waals surface area contributed by atoms with Crippen LogP contribution in [0.2, 0.25) is 0 Å². The third-order valence-electron chi connectivity index (χ3n) is 4.23. The molecular formula is C19H17N3O. The summed E-state index contributed by atoms with van der Waals surface area (Å²) < 4.78 is 0. The standard InChI is InChI=1S/C19H17N3O/c1-13-6-5-7-14-12-15-10-11-22(18(15)21-17(13)14)19(23)20-16-8-3-2-4-9-16/h2-9,12H,10-11H2,1H3,(H,20,23). The second-order valence-corrected chi connectivity index (χ2v) is 5.82. The second kappa shape index (κ2) is 5.39. The van der Waals surface area contributed by atoms with Crippen LogP contribution < -0.4 is 10.2 Å². The number of benzene rings is 2. The van der Waals surface area contributed by atoms with Gasteiger partial charge < -0.3 is 5.32 Å². The summed E-state index contributed by atoms with van der Waals surface area (Å²) in [6.45, 7) is 2.71. The molecule has 1 aromatic heterocycles. The van der Waals surface area contributed by atoms with Gasteiger partial charge in [-0.2, -0.15) is 0 Å². The van der Waals surface area contributed by atoms with E-state index in [1.807, 2.05) is 49.4 Å². The number of aromatic nitrogens is 1. The molecule has 23 heavy (non-hydrogen) atoms. The zero-order chi connectivity index (χ0) is 15.8. The van der Waals surface area contributed by atoms with Crippen LogP contribution in [-0.4, -0.2) is 17.6 Å². The number of pyridine rings is 1. The Kier molecular flexibility index (Phi) is 3.23. The lowest BCUT2D eigenvalue weighted by molar-refractivity contribution is 0.257. The largest absolute Gasteiger partial charge is 0.327 e. The van der Waals surface area contributed by atoms with Gasteiger partial charge >= 0.3 is 6.03 Å². The summed E-state index contributed by atoms with van der Waals surface area (Å²) in [6.07, 6.45) is 0.842. The Bertz CT molecular complexity index is 890. The van der Waals surface area contributed by atoms with Crippen LogP contribution in [0.5, 0.6) is 0 Å². The molecule has 0 radical (unpaired) electrons. The zero-order valence-electron chi connectivity index (χ0n) is 12.9. The molecule has 0 spiro atoms. The Balaban J connectivity index is 1.69. The predicted octanol–water partition coefficient (Wildman–Crippen LogP) is 4.14. The van der Waals surface area contributed by atoms with Gasteiger partial charge in [0.15, 0.2) is 0 Å². The first-order valence-electron chi connectivity index (χ1n) is 7.75. The van der Waals surface area contributed by atoms with Gasteiger partial charge in [-0.15, -0.1) is 0 Å². The van der Waals surface area contributed by atoms with Crippen LogP contribution >= 0.6 is 0 Å². The van der Waals surface area contributed by atoms with E-state index in [1.165, 1.54) is 0 Å². The van der Waals surface area contributed by atoms with Crippen LogP contribution in [0.1, 0.15) is 11.1 Å². The lowest BCUT2D eigenvalue weighted by Crippen LogP contribution is -2.33. The molecule has 4 heteroatoms. The number of rotatable bonds is 1. The summed E-state index contributed by atoms with van der Waals surface area (Å²) in [4.78, 5) is 19.1. The Labute approximate surface area is 134 Å². The van der Waals surface area contributed by atoms with E-state index in [1.54, 1.807) is 4.90 Å². The van der Waals surface area contributed by atoms with E-state index >= 15 is 0 Å². The minimum atomic E-state index is -0.129. The molecule has 2 amide bonds. The summed E-state index contributed by atoms with van der Waals surface area (Å²) in [5.41, 5.74) is 4.01. The Morgan fingerprint density at radius 3 is 2.78 bits per heavy atom. The van der Waals surface area contributed by atoms with E-state index in [-0.39, 0.29) is 6.03 Å². The maximum atomic E-state index is 12.6. The monoisotopic (exact) mass is 303 g/mol. The van der Waals surface area contributed by atoms with Gasteiger partial charge in [0, 0.05) is 17.6 Å². The number of nitrogens with one attached hydrogen (secondary N) is 1.